The van der Waals surface area contributed by atoms with Crippen molar-refractivity contribution < 1.29 is 50.6 Å². The predicted molar refractivity (Wildman–Crippen MR) is 30.5 cm³/mol. The van der Waals surface area contributed by atoms with Crippen LogP contribution in [0.2, 0.25) is 0 Å². The Morgan fingerprint density at radius 2 is 0.600 bits per heavy atom. The number of carboxylic acids is 4. The van der Waals surface area contributed by atoms with Crippen LogP contribution in [0, 0.1) is 7.43 Å². The third kappa shape index (κ3) is 33.7. The predicted octanol–water partition coefficient (Wildman–Crippen LogP) is -8.60. The molecule has 4 N–H and O–H groups in total. The minimum absolute atomic E-state index is 0. The van der Waals surface area contributed by atoms with Crippen molar-refractivity contribution in [2.75, 3.05) is 0 Å². The zero-order valence-corrected chi connectivity index (χ0v) is 6.77. The van der Waals surface area contributed by atoms with Crippen LogP contribution < -0.4 is 20.4 Å². The smallest absolute Gasteiger partial charge is 0.543 e. The molecule has 0 amide bonds. The summed E-state index contributed by atoms with van der Waals surface area (Å²) in [5.74, 6) is -8.74. The minimum atomic E-state index is -2.19. The molecule has 15 heavy (non-hydrogen) atoms. The normalized spacial score (nSPS) is 5.87. The maximum atomic E-state index is 8.93. The molecule has 0 aromatic carbocycles. The summed E-state index contributed by atoms with van der Waals surface area (Å²) in [5, 5.41) is 35.7. The largest absolute Gasteiger partial charge is 4.00 e. The molecule has 0 heterocycles. The van der Waals surface area contributed by atoms with Crippen molar-refractivity contribution in [3.05, 3.63) is 7.43 Å². The molecule has 84 valence electrons. The summed E-state index contributed by atoms with van der Waals surface area (Å²) >= 11 is 0. The van der Waals surface area contributed by atoms with Gasteiger partial charge in [-0.3, -0.25) is 0 Å². The van der Waals surface area contributed by atoms with Crippen LogP contribution in [-0.4, -0.2) is 34.8 Å². The number of hydrogen-bond donors (Lipinski definition) is 0. The van der Waals surface area contributed by atoms with E-state index in [0.29, 0.717) is 0 Å². The first kappa shape index (κ1) is 29.3. The SMILES string of the molecule is O.O.O=C([O-])C(=O)[O-].O=C([O-])C(=O)[O-].[C+4]. The van der Waals surface area contributed by atoms with Gasteiger partial charge >= 0.3 is 7.43 Å². The second-order valence-electron chi connectivity index (χ2n) is 1.15. The van der Waals surface area contributed by atoms with Crippen LogP contribution in [0.3, 0.4) is 0 Å². The molecule has 0 aliphatic carbocycles. The number of aliphatic carboxylic acids is 4. The van der Waals surface area contributed by atoms with Gasteiger partial charge in [-0.2, -0.15) is 0 Å². The van der Waals surface area contributed by atoms with Crippen LogP contribution in [0.4, 0.5) is 0 Å². The van der Waals surface area contributed by atoms with E-state index in [0.717, 1.165) is 0 Å². The van der Waals surface area contributed by atoms with E-state index >= 15 is 0 Å². The molecule has 10 heteroatoms. The van der Waals surface area contributed by atoms with E-state index in [9.17, 15) is 0 Å². The average molecular weight is 224 g/mol. The van der Waals surface area contributed by atoms with E-state index in [2.05, 4.69) is 0 Å². The first-order chi connectivity index (χ1) is 5.29. The molecule has 10 nitrogen and oxygen atoms in total. The van der Waals surface area contributed by atoms with Gasteiger partial charge in [0.05, 0.1) is 23.9 Å². The van der Waals surface area contributed by atoms with Gasteiger partial charge in [-0.25, -0.2) is 0 Å². The Bertz CT molecular complexity index is 170. The molecular formula is C5H4O10. The standard InChI is InChI=1S/2C2H2O4.C.2H2O/c2*3-1(4)2(5)6;;;/h2*(H,3,4)(H,5,6);;2*1H2/q;;+4;;/p-4. The van der Waals surface area contributed by atoms with Crippen LogP contribution in [0.25, 0.3) is 0 Å². The molecule has 0 fully saturated rings. The van der Waals surface area contributed by atoms with Gasteiger partial charge in [-0.1, -0.05) is 0 Å². The van der Waals surface area contributed by atoms with E-state index in [-0.39, 0.29) is 18.4 Å². The molecule has 0 spiro atoms. The first-order valence-corrected chi connectivity index (χ1v) is 2.13. The van der Waals surface area contributed by atoms with Gasteiger partial charge in [0.1, 0.15) is 0 Å². The van der Waals surface area contributed by atoms with E-state index in [1.54, 1.807) is 0 Å². The van der Waals surface area contributed by atoms with Gasteiger partial charge in [-0.15, -0.1) is 0 Å². The number of carbonyl (C=O) groups is 4. The molecule has 0 aliphatic heterocycles. The van der Waals surface area contributed by atoms with Crippen molar-refractivity contribution in [1.29, 1.82) is 0 Å². The van der Waals surface area contributed by atoms with E-state index in [1.165, 1.54) is 0 Å². The summed E-state index contributed by atoms with van der Waals surface area (Å²) in [6.07, 6.45) is 0. The zero-order chi connectivity index (χ0) is 10.3. The number of rotatable bonds is 0. The van der Waals surface area contributed by atoms with Gasteiger partial charge in [-0.05, 0) is 0 Å². The third-order valence-electron chi connectivity index (χ3n) is 0.333. The fraction of sp³-hybridized carbons (Fsp3) is 0. The maximum absolute atomic E-state index is 8.93. The summed E-state index contributed by atoms with van der Waals surface area (Å²) in [4.78, 5) is 35.7. The molecule has 0 saturated carbocycles. The monoisotopic (exact) mass is 224 g/mol. The second kappa shape index (κ2) is 14.3. The van der Waals surface area contributed by atoms with Gasteiger partial charge in [0.2, 0.25) is 0 Å². The van der Waals surface area contributed by atoms with Crippen LogP contribution >= 0.6 is 0 Å². The van der Waals surface area contributed by atoms with Gasteiger partial charge in [0.15, 0.2) is 0 Å². The molecule has 0 atom stereocenters. The molecule has 0 bridgehead atoms. The molecular weight excluding hydrogens is 220 g/mol. The van der Waals surface area contributed by atoms with Crippen LogP contribution in [0.15, 0.2) is 0 Å². The van der Waals surface area contributed by atoms with E-state index in [4.69, 9.17) is 39.6 Å². The summed E-state index contributed by atoms with van der Waals surface area (Å²) in [7, 11) is 0. The Morgan fingerprint density at radius 3 is 0.600 bits per heavy atom. The minimum Gasteiger partial charge on any atom is -0.543 e. The topological polar surface area (TPSA) is 224 Å². The van der Waals surface area contributed by atoms with Crippen molar-refractivity contribution in [3.8, 4) is 0 Å². The quantitative estimate of drug-likeness (QED) is 0.358. The van der Waals surface area contributed by atoms with Crippen LogP contribution in [0.5, 0.6) is 0 Å². The molecule has 0 radical (unpaired) electrons. The fourth-order valence-electron chi connectivity index (χ4n) is 0. The van der Waals surface area contributed by atoms with Crippen molar-refractivity contribution in [1.82, 2.24) is 0 Å². The molecule has 0 unspecified atom stereocenters. The third-order valence-corrected chi connectivity index (χ3v) is 0.333. The average Bonchev–Trinajstić information content (AvgIpc) is 1.88. The summed E-state index contributed by atoms with van der Waals surface area (Å²) in [5.41, 5.74) is 0. The van der Waals surface area contributed by atoms with Crippen molar-refractivity contribution >= 4 is 23.9 Å². The van der Waals surface area contributed by atoms with Gasteiger partial charge < -0.3 is 50.6 Å². The zero-order valence-electron chi connectivity index (χ0n) is 6.77. The molecule has 0 aromatic heterocycles. The molecule has 0 saturated heterocycles. The Balaban J connectivity index is -0.0000000370. The molecule has 0 rings (SSSR count). The maximum Gasteiger partial charge on any atom is 4.00 e. The summed E-state index contributed by atoms with van der Waals surface area (Å²) in [6.45, 7) is 0. The van der Waals surface area contributed by atoms with Gasteiger partial charge in [0.25, 0.3) is 0 Å². The molecule has 0 aromatic rings. The van der Waals surface area contributed by atoms with Crippen LogP contribution in [0.1, 0.15) is 0 Å². The number of hydrogen-bond acceptors (Lipinski definition) is 8. The Hall–Kier alpha value is -2.20. The van der Waals surface area contributed by atoms with E-state index < -0.39 is 23.9 Å². The Kier molecular flexibility index (Phi) is 28.0. The van der Waals surface area contributed by atoms with Crippen LogP contribution in [-0.2, 0) is 19.2 Å². The van der Waals surface area contributed by atoms with Gasteiger partial charge in [0, 0.05) is 0 Å². The van der Waals surface area contributed by atoms with Crippen molar-refractivity contribution in [2.45, 2.75) is 0 Å². The molecule has 0 aliphatic rings. The van der Waals surface area contributed by atoms with E-state index in [1.807, 2.05) is 0 Å². The summed E-state index contributed by atoms with van der Waals surface area (Å²) in [6, 6.07) is 0. The van der Waals surface area contributed by atoms with Crippen molar-refractivity contribution in [3.63, 3.8) is 0 Å². The Labute approximate surface area is 83.0 Å². The first-order valence-electron chi connectivity index (χ1n) is 2.13. The second-order valence-corrected chi connectivity index (χ2v) is 1.15. The van der Waals surface area contributed by atoms with Crippen molar-refractivity contribution in [2.24, 2.45) is 0 Å². The fourth-order valence-corrected chi connectivity index (χ4v) is 0. The Morgan fingerprint density at radius 1 is 0.533 bits per heavy atom. The number of carbonyl (C=O) groups excluding carboxylic acids is 4. The number of carboxylic acid groups (broad SMARTS) is 4. The summed E-state index contributed by atoms with van der Waals surface area (Å²) < 4.78 is 0.